The third-order valence-electron chi connectivity index (χ3n) is 13.2. The molecule has 1 unspecified atom stereocenters. The van der Waals surface area contributed by atoms with Gasteiger partial charge in [0.1, 0.15) is 11.1 Å². The number of sulfone groups is 1. The first-order valence-electron chi connectivity index (χ1n) is 20.0. The molecule has 4 heterocycles. The van der Waals surface area contributed by atoms with Crippen molar-refractivity contribution in [2.24, 2.45) is 17.8 Å². The van der Waals surface area contributed by atoms with E-state index in [1.54, 1.807) is 29.2 Å². The van der Waals surface area contributed by atoms with Gasteiger partial charge in [-0.05, 0) is 126 Å². The Morgan fingerprint density at radius 1 is 0.926 bits per heavy atom. The second-order valence-electron chi connectivity index (χ2n) is 16.8. The van der Waals surface area contributed by atoms with E-state index in [0.717, 1.165) is 95.7 Å². The van der Waals surface area contributed by atoms with Crippen molar-refractivity contribution in [1.29, 1.82) is 0 Å². The number of ether oxygens (including phenoxy) is 1. The van der Waals surface area contributed by atoms with Gasteiger partial charge < -0.3 is 34.6 Å². The molecule has 2 amide bonds. The minimum atomic E-state index is -3.49. The quantitative estimate of drug-likeness (QED) is 0.305. The molecule has 1 saturated carbocycles. The van der Waals surface area contributed by atoms with Crippen molar-refractivity contribution < 1.29 is 27.1 Å². The van der Waals surface area contributed by atoms with E-state index < -0.39 is 15.1 Å². The summed E-state index contributed by atoms with van der Waals surface area (Å²) in [7, 11) is 1.77. The molecule has 5 fully saturated rings. The zero-order valence-corrected chi connectivity index (χ0v) is 33.1. The maximum atomic E-state index is 15.0. The van der Waals surface area contributed by atoms with Gasteiger partial charge in [-0.25, -0.2) is 17.6 Å². The highest BCUT2D eigenvalue weighted by atomic mass is 32.2. The number of nitrogens with one attached hydrogen (secondary N) is 1. The molecule has 2 aromatic rings. The molecule has 2 aromatic carbocycles. The topological polar surface area (TPSA) is 106 Å². The third kappa shape index (κ3) is 8.15. The number of hydrogen-bond acceptors (Lipinski definition) is 9. The number of carbonyl (C=O) groups is 2. The summed E-state index contributed by atoms with van der Waals surface area (Å²) in [5.74, 6) is 0.901. The lowest BCUT2D eigenvalue weighted by Crippen LogP contribution is -2.60. The first-order chi connectivity index (χ1) is 26.0. The fourth-order valence-corrected chi connectivity index (χ4v) is 11.6. The number of anilines is 1. The van der Waals surface area contributed by atoms with Gasteiger partial charge in [-0.1, -0.05) is 18.6 Å². The number of benzene rings is 2. The van der Waals surface area contributed by atoms with Crippen molar-refractivity contribution >= 4 is 27.5 Å². The van der Waals surface area contributed by atoms with Crippen LogP contribution < -0.4 is 10.2 Å². The summed E-state index contributed by atoms with van der Waals surface area (Å²) in [6.07, 6.45) is 6.20. The molecule has 0 bridgehead atoms. The molecule has 4 aliphatic heterocycles. The molecule has 0 spiro atoms. The van der Waals surface area contributed by atoms with Crippen LogP contribution in [0.25, 0.3) is 0 Å². The van der Waals surface area contributed by atoms with E-state index in [4.69, 9.17) is 4.74 Å². The lowest BCUT2D eigenvalue weighted by atomic mass is 9.57. The lowest BCUT2D eigenvalue weighted by molar-refractivity contribution is -0.134. The molecule has 11 nitrogen and oxygen atoms in total. The number of likely N-dealkylation sites (tertiary alicyclic amines) is 3. The number of alkyl carbamates (subject to hydrolysis) is 1. The average Bonchev–Trinajstić information content (AvgIpc) is 3.56. The van der Waals surface area contributed by atoms with E-state index >= 15 is 0 Å². The fourth-order valence-electron chi connectivity index (χ4n) is 9.98. The number of piperidine rings is 1. The van der Waals surface area contributed by atoms with Gasteiger partial charge in [0.15, 0.2) is 9.84 Å². The molecular weight excluding hydrogens is 708 g/mol. The standard InChI is InChI=1S/C41H59FN6O5S/c1-44(2)20-17-39(49)48-27-36(28-48)54(51,52)35-13-11-34(12-14-35)47-25-30(26-47)24-45-21-15-31(16-22-45)41(29-46-18-6-19-46,32-7-4-8-33(42)23-32)37-9-5-10-38(37)43-40(50)53-3/h4,7-8,11-14,23,30-31,36-38H,5-6,9-10,15-22,24-29H2,1-3H3,(H,43,50)/t37-,38-,41?/m0/s1. The van der Waals surface area contributed by atoms with Gasteiger partial charge in [0.25, 0.3) is 0 Å². The Morgan fingerprint density at radius 3 is 2.28 bits per heavy atom. The number of rotatable bonds is 14. The summed E-state index contributed by atoms with van der Waals surface area (Å²) in [6, 6.07) is 14.6. The van der Waals surface area contributed by atoms with E-state index in [9.17, 15) is 22.4 Å². The van der Waals surface area contributed by atoms with Crippen LogP contribution in [0.4, 0.5) is 14.9 Å². The summed E-state index contributed by atoms with van der Waals surface area (Å²) in [5.41, 5.74) is 1.84. The number of carbonyl (C=O) groups excluding carboxylic acids is 2. The molecule has 0 radical (unpaired) electrons. The van der Waals surface area contributed by atoms with E-state index in [-0.39, 0.29) is 48.3 Å². The Hall–Kier alpha value is -3.26. The normalized spacial score (nSPS) is 24.5. The van der Waals surface area contributed by atoms with E-state index in [1.165, 1.54) is 13.5 Å². The van der Waals surface area contributed by atoms with E-state index in [1.807, 2.05) is 37.2 Å². The van der Waals surface area contributed by atoms with Crippen LogP contribution in [0.5, 0.6) is 0 Å². The largest absolute Gasteiger partial charge is 0.453 e. The second-order valence-corrected chi connectivity index (χ2v) is 19.0. The van der Waals surface area contributed by atoms with Crippen molar-refractivity contribution in [2.75, 3.05) is 98.1 Å². The Morgan fingerprint density at radius 2 is 1.65 bits per heavy atom. The Kier molecular flexibility index (Phi) is 11.9. The molecule has 7 rings (SSSR count). The Labute approximate surface area is 321 Å². The predicted molar refractivity (Wildman–Crippen MR) is 208 cm³/mol. The van der Waals surface area contributed by atoms with Crippen molar-refractivity contribution in [2.45, 2.75) is 66.5 Å². The maximum absolute atomic E-state index is 15.0. The minimum absolute atomic E-state index is 0.00699. The molecule has 3 atom stereocenters. The van der Waals surface area contributed by atoms with Gasteiger partial charge in [0.05, 0.1) is 12.0 Å². The average molecular weight is 767 g/mol. The fraction of sp³-hybridized carbons (Fsp3) is 0.659. The van der Waals surface area contributed by atoms with Crippen LogP contribution in [-0.4, -0.2) is 145 Å². The second kappa shape index (κ2) is 16.5. The summed E-state index contributed by atoms with van der Waals surface area (Å²) < 4.78 is 46.6. The van der Waals surface area contributed by atoms with Crippen molar-refractivity contribution in [3.05, 3.63) is 59.9 Å². The van der Waals surface area contributed by atoms with Crippen LogP contribution in [0.2, 0.25) is 0 Å². The van der Waals surface area contributed by atoms with Crippen molar-refractivity contribution in [3.63, 3.8) is 0 Å². The summed E-state index contributed by atoms with van der Waals surface area (Å²) >= 11 is 0. The highest BCUT2D eigenvalue weighted by molar-refractivity contribution is 7.92. The third-order valence-corrected chi connectivity index (χ3v) is 15.3. The monoisotopic (exact) mass is 766 g/mol. The summed E-state index contributed by atoms with van der Waals surface area (Å²) in [6.45, 7) is 9.07. The molecular formula is C41H59FN6O5S. The van der Waals surface area contributed by atoms with E-state index in [0.29, 0.717) is 29.7 Å². The Bertz CT molecular complexity index is 1720. The molecule has 1 N–H and O–H groups in total. The molecule has 4 saturated heterocycles. The molecule has 5 aliphatic rings. The SMILES string of the molecule is COC(=O)N[C@H]1CCC[C@@H]1C(CN1CCC1)(c1cccc(F)c1)C1CCN(CC2CN(c3ccc(S(=O)(=O)C4CN(C(=O)CCN(C)C)C4)cc3)C2)CC1. The minimum Gasteiger partial charge on any atom is -0.453 e. The first-order valence-corrected chi connectivity index (χ1v) is 21.6. The lowest BCUT2D eigenvalue weighted by Gasteiger charge is -2.54. The summed E-state index contributed by atoms with van der Waals surface area (Å²) in [4.78, 5) is 36.2. The van der Waals surface area contributed by atoms with Gasteiger partial charge in [0, 0.05) is 75.3 Å². The van der Waals surface area contributed by atoms with Crippen LogP contribution in [0.15, 0.2) is 53.4 Å². The van der Waals surface area contributed by atoms with Gasteiger partial charge in [-0.3, -0.25) is 4.79 Å². The summed E-state index contributed by atoms with van der Waals surface area (Å²) in [5, 5.41) is 2.64. The van der Waals surface area contributed by atoms with E-state index in [2.05, 4.69) is 26.1 Å². The van der Waals surface area contributed by atoms with Gasteiger partial charge in [-0.2, -0.15) is 0 Å². The molecule has 0 aromatic heterocycles. The number of hydrogen-bond donors (Lipinski definition) is 1. The van der Waals surface area contributed by atoms with Crippen molar-refractivity contribution in [1.82, 2.24) is 24.9 Å². The van der Waals surface area contributed by atoms with Crippen molar-refractivity contribution in [3.8, 4) is 0 Å². The van der Waals surface area contributed by atoms with Gasteiger partial charge in [0.2, 0.25) is 5.91 Å². The molecule has 13 heteroatoms. The number of halogens is 1. The number of amides is 2. The predicted octanol–water partition coefficient (Wildman–Crippen LogP) is 4.08. The molecule has 296 valence electrons. The number of nitrogens with zero attached hydrogens (tertiary/aromatic N) is 5. The molecule has 1 aliphatic carbocycles. The van der Waals surface area contributed by atoms with Crippen LogP contribution >= 0.6 is 0 Å². The highest BCUT2D eigenvalue weighted by Crippen LogP contribution is 2.51. The zero-order chi connectivity index (χ0) is 38.0. The zero-order valence-electron chi connectivity index (χ0n) is 32.3. The number of methoxy groups -OCH3 is 1. The van der Waals surface area contributed by atoms with Crippen LogP contribution in [0.1, 0.15) is 50.5 Å². The maximum Gasteiger partial charge on any atom is 0.407 e. The van der Waals surface area contributed by atoms with Crippen LogP contribution in [0, 0.1) is 23.6 Å². The highest BCUT2D eigenvalue weighted by Gasteiger charge is 2.53. The van der Waals surface area contributed by atoms with Crippen LogP contribution in [0.3, 0.4) is 0 Å². The first kappa shape index (κ1) is 39.0. The molecule has 54 heavy (non-hydrogen) atoms. The Balaban J connectivity index is 0.950. The van der Waals surface area contributed by atoms with Gasteiger partial charge in [-0.15, -0.1) is 0 Å². The smallest absolute Gasteiger partial charge is 0.407 e. The van der Waals surface area contributed by atoms with Crippen LogP contribution in [-0.2, 0) is 24.8 Å². The van der Waals surface area contributed by atoms with Gasteiger partial charge >= 0.3 is 6.09 Å².